The lowest BCUT2D eigenvalue weighted by Crippen LogP contribution is -2.37. The summed E-state index contributed by atoms with van der Waals surface area (Å²) < 4.78 is 80.1. The van der Waals surface area contributed by atoms with Crippen LogP contribution in [0, 0.1) is 0 Å². The molecule has 0 heterocycles. The normalized spacial score (nSPS) is 12.1. The van der Waals surface area contributed by atoms with E-state index in [-0.39, 0.29) is 22.9 Å². The number of alkyl halides is 3. The van der Waals surface area contributed by atoms with Crippen LogP contribution in [0.5, 0.6) is 11.5 Å². The van der Waals surface area contributed by atoms with Crippen LogP contribution in [0.2, 0.25) is 0 Å². The molecule has 0 aromatic heterocycles. The SMILES string of the molecule is CCOc1ccc(S(=O)(=O)N(c2ccc(C(F)(F)F)cc2OCc2ccc(C=CC(=O)O)cc2)C(C)C)cc1. The molecule has 0 fully saturated rings. The summed E-state index contributed by atoms with van der Waals surface area (Å²) in [6.07, 6.45) is -2.30. The molecule has 1 N–H and O–H groups in total. The van der Waals surface area contributed by atoms with Gasteiger partial charge in [0.15, 0.2) is 0 Å². The molecule has 0 unspecified atom stereocenters. The van der Waals surface area contributed by atoms with Gasteiger partial charge in [-0.1, -0.05) is 24.3 Å². The number of hydrogen-bond donors (Lipinski definition) is 1. The minimum Gasteiger partial charge on any atom is -0.494 e. The molecule has 7 nitrogen and oxygen atoms in total. The average Bonchev–Trinajstić information content (AvgIpc) is 2.87. The summed E-state index contributed by atoms with van der Waals surface area (Å²) in [5.74, 6) is -0.882. The topological polar surface area (TPSA) is 93.1 Å². The number of nitrogens with zero attached hydrogens (tertiary/aromatic N) is 1. The number of ether oxygens (including phenoxy) is 2. The van der Waals surface area contributed by atoms with Gasteiger partial charge in [0.25, 0.3) is 10.0 Å². The molecule has 0 bridgehead atoms. The number of sulfonamides is 1. The lowest BCUT2D eigenvalue weighted by molar-refractivity contribution is -0.137. The molecule has 0 spiro atoms. The van der Waals surface area contributed by atoms with Gasteiger partial charge in [-0.3, -0.25) is 4.31 Å². The second-order valence-corrected chi connectivity index (χ2v) is 10.5. The van der Waals surface area contributed by atoms with Crippen molar-refractivity contribution in [3.8, 4) is 11.5 Å². The van der Waals surface area contributed by atoms with Crippen molar-refractivity contribution < 1.29 is 41.0 Å². The fraction of sp³-hybridized carbons (Fsp3) is 0.250. The van der Waals surface area contributed by atoms with Gasteiger partial charge in [-0.2, -0.15) is 13.2 Å². The first-order chi connectivity index (χ1) is 18.3. The Morgan fingerprint density at radius 3 is 2.18 bits per heavy atom. The Bertz CT molecular complexity index is 1420. The largest absolute Gasteiger partial charge is 0.494 e. The summed E-state index contributed by atoms with van der Waals surface area (Å²) >= 11 is 0. The maximum absolute atomic E-state index is 13.7. The number of carbonyl (C=O) groups is 1. The van der Waals surface area contributed by atoms with Gasteiger partial charge in [-0.05, 0) is 80.4 Å². The lowest BCUT2D eigenvalue weighted by Gasteiger charge is -2.30. The van der Waals surface area contributed by atoms with E-state index in [1.54, 1.807) is 45.0 Å². The molecule has 0 aliphatic rings. The van der Waals surface area contributed by atoms with Gasteiger partial charge in [-0.25, -0.2) is 13.2 Å². The Kier molecular flexibility index (Phi) is 9.28. The summed E-state index contributed by atoms with van der Waals surface area (Å²) in [6, 6.07) is 14.3. The third-order valence-corrected chi connectivity index (χ3v) is 7.48. The smallest absolute Gasteiger partial charge is 0.416 e. The van der Waals surface area contributed by atoms with Gasteiger partial charge in [0.2, 0.25) is 0 Å². The lowest BCUT2D eigenvalue weighted by atomic mass is 10.1. The fourth-order valence-electron chi connectivity index (χ4n) is 3.71. The number of halogens is 3. The van der Waals surface area contributed by atoms with Gasteiger partial charge in [-0.15, -0.1) is 0 Å². The third-order valence-electron chi connectivity index (χ3n) is 5.48. The van der Waals surface area contributed by atoms with E-state index in [9.17, 15) is 26.4 Å². The summed E-state index contributed by atoms with van der Waals surface area (Å²) in [4.78, 5) is 10.6. The van der Waals surface area contributed by atoms with Crippen molar-refractivity contribution in [2.45, 2.75) is 44.5 Å². The molecule has 0 atom stereocenters. The van der Waals surface area contributed by atoms with Crippen LogP contribution in [0.1, 0.15) is 37.5 Å². The molecule has 3 aromatic carbocycles. The Hall–Kier alpha value is -3.99. The molecule has 0 amide bonds. The van der Waals surface area contributed by atoms with Crippen molar-refractivity contribution >= 4 is 27.8 Å². The van der Waals surface area contributed by atoms with Gasteiger partial charge in [0, 0.05) is 12.1 Å². The monoisotopic (exact) mass is 563 g/mol. The maximum atomic E-state index is 13.7. The van der Waals surface area contributed by atoms with Crippen molar-refractivity contribution in [3.63, 3.8) is 0 Å². The second kappa shape index (κ2) is 12.2. The molecule has 3 aromatic rings. The van der Waals surface area contributed by atoms with E-state index in [0.29, 0.717) is 23.5 Å². The highest BCUT2D eigenvalue weighted by molar-refractivity contribution is 7.92. The molecule has 3 rings (SSSR count). The number of aliphatic carboxylic acids is 1. The third kappa shape index (κ3) is 7.53. The molecule has 0 radical (unpaired) electrons. The maximum Gasteiger partial charge on any atom is 0.416 e. The Labute approximate surface area is 225 Å². The Balaban J connectivity index is 2.00. The molecule has 0 aliphatic heterocycles. The van der Waals surface area contributed by atoms with E-state index in [2.05, 4.69) is 0 Å². The van der Waals surface area contributed by atoms with Crippen molar-refractivity contribution in [2.24, 2.45) is 0 Å². The van der Waals surface area contributed by atoms with E-state index < -0.39 is 33.8 Å². The van der Waals surface area contributed by atoms with E-state index in [1.165, 1.54) is 30.3 Å². The van der Waals surface area contributed by atoms with Crippen molar-refractivity contribution in [1.82, 2.24) is 0 Å². The number of anilines is 1. The van der Waals surface area contributed by atoms with Crippen LogP contribution in [0.4, 0.5) is 18.9 Å². The summed E-state index contributed by atoms with van der Waals surface area (Å²) in [5, 5.41) is 8.75. The van der Waals surface area contributed by atoms with Crippen LogP contribution in [-0.4, -0.2) is 32.1 Å². The molecule has 208 valence electrons. The second-order valence-electron chi connectivity index (χ2n) is 8.68. The first-order valence-electron chi connectivity index (χ1n) is 11.9. The molecular weight excluding hydrogens is 535 g/mol. The van der Waals surface area contributed by atoms with Crippen LogP contribution in [0.3, 0.4) is 0 Å². The highest BCUT2D eigenvalue weighted by atomic mass is 32.2. The summed E-state index contributed by atoms with van der Waals surface area (Å²) in [7, 11) is -4.20. The van der Waals surface area contributed by atoms with E-state index in [1.807, 2.05) is 0 Å². The van der Waals surface area contributed by atoms with Crippen molar-refractivity contribution in [3.05, 3.63) is 89.5 Å². The molecular formula is C28H28F3NO6S. The molecule has 11 heteroatoms. The van der Waals surface area contributed by atoms with Crippen LogP contribution in [-0.2, 0) is 27.6 Å². The minimum atomic E-state index is -4.68. The molecule has 0 saturated carbocycles. The Morgan fingerprint density at radius 2 is 1.64 bits per heavy atom. The number of hydrogen-bond acceptors (Lipinski definition) is 5. The highest BCUT2D eigenvalue weighted by Crippen LogP contribution is 2.40. The molecule has 39 heavy (non-hydrogen) atoms. The predicted molar refractivity (Wildman–Crippen MR) is 141 cm³/mol. The Morgan fingerprint density at radius 1 is 1.00 bits per heavy atom. The quantitative estimate of drug-likeness (QED) is 0.272. The van der Waals surface area contributed by atoms with Crippen molar-refractivity contribution in [1.29, 1.82) is 0 Å². The van der Waals surface area contributed by atoms with Crippen LogP contribution in [0.25, 0.3) is 6.08 Å². The fourth-order valence-corrected chi connectivity index (χ4v) is 5.39. The average molecular weight is 564 g/mol. The van der Waals surface area contributed by atoms with E-state index >= 15 is 0 Å². The number of carboxylic acids is 1. The standard InChI is InChI=1S/C28H28F3NO6S/c1-4-37-23-11-13-24(14-12-23)39(35,36)32(19(2)3)25-15-10-22(28(29,30)31)17-26(25)38-18-21-7-5-20(6-8-21)9-16-27(33)34/h5-17,19H,4,18H2,1-3H3,(H,33,34). The zero-order valence-corrected chi connectivity index (χ0v) is 22.3. The van der Waals surface area contributed by atoms with E-state index in [4.69, 9.17) is 14.6 Å². The summed E-state index contributed by atoms with van der Waals surface area (Å²) in [5.41, 5.74) is 0.148. The highest BCUT2D eigenvalue weighted by Gasteiger charge is 2.34. The minimum absolute atomic E-state index is 0.0482. The molecule has 0 saturated heterocycles. The van der Waals surface area contributed by atoms with Gasteiger partial charge < -0.3 is 14.6 Å². The first kappa shape index (κ1) is 29.6. The summed E-state index contributed by atoms with van der Waals surface area (Å²) in [6.45, 7) is 5.25. The van der Waals surface area contributed by atoms with Crippen molar-refractivity contribution in [2.75, 3.05) is 10.9 Å². The van der Waals surface area contributed by atoms with E-state index in [0.717, 1.165) is 28.6 Å². The van der Waals surface area contributed by atoms with Crippen LogP contribution < -0.4 is 13.8 Å². The zero-order chi connectivity index (χ0) is 28.8. The van der Waals surface area contributed by atoms with Gasteiger partial charge in [0.1, 0.15) is 18.1 Å². The number of benzene rings is 3. The number of carboxylic acid groups (broad SMARTS) is 1. The van der Waals surface area contributed by atoms with Crippen LogP contribution >= 0.6 is 0 Å². The molecule has 0 aliphatic carbocycles. The zero-order valence-electron chi connectivity index (χ0n) is 21.5. The van der Waals surface area contributed by atoms with Gasteiger partial charge in [0.05, 0.1) is 22.8 Å². The first-order valence-corrected chi connectivity index (χ1v) is 13.4. The van der Waals surface area contributed by atoms with Crippen LogP contribution in [0.15, 0.2) is 77.7 Å². The number of rotatable bonds is 11. The predicted octanol–water partition coefficient (Wildman–Crippen LogP) is 6.38. The van der Waals surface area contributed by atoms with Gasteiger partial charge >= 0.3 is 12.1 Å².